The fourth-order valence-corrected chi connectivity index (χ4v) is 2.56. The van der Waals surface area contributed by atoms with E-state index < -0.39 is 0 Å². The standard InChI is InChI=1S/C13H11N5OS/c14-13-17-10-4-3-8(6-11(10)20-13)12(19)15-7-9-2-1-5-16-18-9/h1-6H,7H2,(H2,14,17)(H,15,19). The molecule has 0 bridgehead atoms. The van der Waals surface area contributed by atoms with Gasteiger partial charge in [-0.2, -0.15) is 10.2 Å². The fraction of sp³-hybridized carbons (Fsp3) is 0.0769. The molecule has 7 heteroatoms. The van der Waals surface area contributed by atoms with Gasteiger partial charge in [-0.15, -0.1) is 0 Å². The van der Waals surface area contributed by atoms with E-state index in [1.54, 1.807) is 36.5 Å². The summed E-state index contributed by atoms with van der Waals surface area (Å²) < 4.78 is 0.898. The van der Waals surface area contributed by atoms with Gasteiger partial charge in [-0.3, -0.25) is 4.79 Å². The van der Waals surface area contributed by atoms with E-state index in [0.717, 1.165) is 10.2 Å². The highest BCUT2D eigenvalue weighted by Gasteiger charge is 2.08. The summed E-state index contributed by atoms with van der Waals surface area (Å²) in [6, 6.07) is 8.89. The topological polar surface area (TPSA) is 93.8 Å². The normalized spacial score (nSPS) is 10.6. The maximum atomic E-state index is 12.1. The van der Waals surface area contributed by atoms with Crippen LogP contribution in [0.5, 0.6) is 0 Å². The van der Waals surface area contributed by atoms with Gasteiger partial charge < -0.3 is 11.1 Å². The molecule has 0 aliphatic heterocycles. The van der Waals surface area contributed by atoms with Crippen LogP contribution in [0.25, 0.3) is 10.2 Å². The van der Waals surface area contributed by atoms with Crippen molar-refractivity contribution in [1.29, 1.82) is 0 Å². The highest BCUT2D eigenvalue weighted by Crippen LogP contribution is 2.24. The molecule has 1 amide bonds. The van der Waals surface area contributed by atoms with Gasteiger partial charge in [0.05, 0.1) is 22.5 Å². The number of carbonyl (C=O) groups is 1. The quantitative estimate of drug-likeness (QED) is 0.762. The van der Waals surface area contributed by atoms with Gasteiger partial charge in [0.2, 0.25) is 0 Å². The number of anilines is 1. The lowest BCUT2D eigenvalue weighted by Crippen LogP contribution is -2.23. The predicted octanol–water partition coefficient (Wildman–Crippen LogP) is 1.60. The third-order valence-electron chi connectivity index (χ3n) is 2.72. The van der Waals surface area contributed by atoms with Crippen molar-refractivity contribution in [3.8, 4) is 0 Å². The number of aromatic nitrogens is 3. The minimum absolute atomic E-state index is 0.162. The Morgan fingerprint density at radius 1 is 1.35 bits per heavy atom. The van der Waals surface area contributed by atoms with Crippen molar-refractivity contribution in [3.05, 3.63) is 47.8 Å². The number of hydrogen-bond donors (Lipinski definition) is 2. The first-order valence-electron chi connectivity index (χ1n) is 5.93. The van der Waals surface area contributed by atoms with Crippen LogP contribution in [0, 0.1) is 0 Å². The number of rotatable bonds is 3. The predicted molar refractivity (Wildman–Crippen MR) is 77.2 cm³/mol. The van der Waals surface area contributed by atoms with Gasteiger partial charge in [0.15, 0.2) is 5.13 Å². The molecule has 0 unspecified atom stereocenters. The first kappa shape index (κ1) is 12.5. The third kappa shape index (κ3) is 2.57. The summed E-state index contributed by atoms with van der Waals surface area (Å²) in [6.07, 6.45) is 1.59. The minimum Gasteiger partial charge on any atom is -0.375 e. The smallest absolute Gasteiger partial charge is 0.251 e. The van der Waals surface area contributed by atoms with Crippen LogP contribution in [-0.4, -0.2) is 21.1 Å². The van der Waals surface area contributed by atoms with Gasteiger partial charge in [-0.05, 0) is 30.3 Å². The zero-order valence-electron chi connectivity index (χ0n) is 10.4. The fourth-order valence-electron chi connectivity index (χ4n) is 1.78. The number of nitrogen functional groups attached to an aromatic ring is 1. The molecule has 3 aromatic rings. The Morgan fingerprint density at radius 2 is 2.25 bits per heavy atom. The number of amides is 1. The Morgan fingerprint density at radius 3 is 3.05 bits per heavy atom. The van der Waals surface area contributed by atoms with Crippen LogP contribution < -0.4 is 11.1 Å². The van der Waals surface area contributed by atoms with Gasteiger partial charge in [0.1, 0.15) is 0 Å². The lowest BCUT2D eigenvalue weighted by molar-refractivity contribution is 0.0950. The molecule has 0 aliphatic carbocycles. The summed E-state index contributed by atoms with van der Waals surface area (Å²) >= 11 is 1.36. The van der Waals surface area contributed by atoms with Crippen molar-refractivity contribution in [2.24, 2.45) is 0 Å². The monoisotopic (exact) mass is 285 g/mol. The van der Waals surface area contributed by atoms with Gasteiger partial charge in [0, 0.05) is 11.8 Å². The number of hydrogen-bond acceptors (Lipinski definition) is 6. The Kier molecular flexibility index (Phi) is 3.26. The van der Waals surface area contributed by atoms with E-state index in [1.807, 2.05) is 0 Å². The highest BCUT2D eigenvalue weighted by molar-refractivity contribution is 7.22. The second kappa shape index (κ2) is 5.22. The Balaban J connectivity index is 1.75. The first-order chi connectivity index (χ1) is 9.72. The molecule has 0 atom stereocenters. The number of benzene rings is 1. The molecule has 100 valence electrons. The second-order valence-corrected chi connectivity index (χ2v) is 5.19. The molecule has 0 saturated heterocycles. The van der Waals surface area contributed by atoms with Gasteiger partial charge in [0.25, 0.3) is 5.91 Å². The molecular weight excluding hydrogens is 274 g/mol. The number of fused-ring (bicyclic) bond motifs is 1. The molecule has 0 fully saturated rings. The van der Waals surface area contributed by atoms with Crippen LogP contribution in [0.2, 0.25) is 0 Å². The van der Waals surface area contributed by atoms with E-state index in [4.69, 9.17) is 5.73 Å². The van der Waals surface area contributed by atoms with Crippen LogP contribution in [0.4, 0.5) is 5.13 Å². The van der Waals surface area contributed by atoms with E-state index in [0.29, 0.717) is 22.9 Å². The zero-order valence-corrected chi connectivity index (χ0v) is 11.2. The lowest BCUT2D eigenvalue weighted by Gasteiger charge is -2.04. The molecule has 0 spiro atoms. The average molecular weight is 285 g/mol. The minimum atomic E-state index is -0.162. The highest BCUT2D eigenvalue weighted by atomic mass is 32.1. The molecule has 0 saturated carbocycles. The first-order valence-corrected chi connectivity index (χ1v) is 6.75. The van der Waals surface area contributed by atoms with Crippen molar-refractivity contribution >= 4 is 32.6 Å². The van der Waals surface area contributed by atoms with Crippen molar-refractivity contribution < 1.29 is 4.79 Å². The maximum absolute atomic E-state index is 12.1. The molecule has 2 heterocycles. The van der Waals surface area contributed by atoms with Gasteiger partial charge in [-0.25, -0.2) is 4.98 Å². The van der Waals surface area contributed by atoms with Crippen LogP contribution in [0.1, 0.15) is 16.1 Å². The summed E-state index contributed by atoms with van der Waals surface area (Å²) in [6.45, 7) is 0.343. The number of nitrogens with two attached hydrogens (primary N) is 1. The Bertz CT molecular complexity index is 756. The molecule has 6 nitrogen and oxygen atoms in total. The zero-order chi connectivity index (χ0) is 13.9. The lowest BCUT2D eigenvalue weighted by atomic mass is 10.2. The van der Waals surface area contributed by atoms with Crippen LogP contribution in [-0.2, 0) is 6.54 Å². The van der Waals surface area contributed by atoms with Crippen molar-refractivity contribution in [3.63, 3.8) is 0 Å². The summed E-state index contributed by atoms with van der Waals surface area (Å²) in [5, 5.41) is 11.0. The molecular formula is C13H11N5OS. The van der Waals surface area contributed by atoms with Gasteiger partial charge in [-0.1, -0.05) is 11.3 Å². The van der Waals surface area contributed by atoms with E-state index in [1.165, 1.54) is 11.3 Å². The largest absolute Gasteiger partial charge is 0.375 e. The summed E-state index contributed by atoms with van der Waals surface area (Å²) in [4.78, 5) is 16.2. The van der Waals surface area contributed by atoms with Crippen LogP contribution in [0.3, 0.4) is 0 Å². The molecule has 1 aromatic carbocycles. The molecule has 2 aromatic heterocycles. The number of nitrogens with one attached hydrogen (secondary N) is 1. The molecule has 20 heavy (non-hydrogen) atoms. The molecule has 0 aliphatic rings. The van der Waals surface area contributed by atoms with Crippen molar-refractivity contribution in [2.45, 2.75) is 6.54 Å². The SMILES string of the molecule is Nc1nc2ccc(C(=O)NCc3cccnn3)cc2s1. The van der Waals surface area contributed by atoms with Crippen molar-refractivity contribution in [1.82, 2.24) is 20.5 Å². The van der Waals surface area contributed by atoms with E-state index in [-0.39, 0.29) is 5.91 Å². The molecule has 3 rings (SSSR count). The number of thiazole rings is 1. The van der Waals surface area contributed by atoms with Crippen LogP contribution in [0.15, 0.2) is 36.5 Å². The summed E-state index contributed by atoms with van der Waals surface area (Å²) in [5.74, 6) is -0.162. The van der Waals surface area contributed by atoms with E-state index in [2.05, 4.69) is 20.5 Å². The Hall–Kier alpha value is -2.54. The average Bonchev–Trinajstić information content (AvgIpc) is 2.85. The molecule has 3 N–H and O–H groups in total. The summed E-state index contributed by atoms with van der Waals surface area (Å²) in [7, 11) is 0. The number of carbonyl (C=O) groups excluding carboxylic acids is 1. The number of nitrogens with zero attached hydrogens (tertiary/aromatic N) is 3. The Labute approximate surface area is 118 Å². The summed E-state index contributed by atoms with van der Waals surface area (Å²) in [5.41, 5.74) is 7.73. The van der Waals surface area contributed by atoms with Crippen LogP contribution >= 0.6 is 11.3 Å². The second-order valence-electron chi connectivity index (χ2n) is 4.13. The molecule has 0 radical (unpaired) electrons. The van der Waals surface area contributed by atoms with E-state index in [9.17, 15) is 4.79 Å². The van der Waals surface area contributed by atoms with E-state index >= 15 is 0 Å². The maximum Gasteiger partial charge on any atom is 0.251 e. The van der Waals surface area contributed by atoms with Gasteiger partial charge >= 0.3 is 0 Å². The third-order valence-corrected chi connectivity index (χ3v) is 3.57. The van der Waals surface area contributed by atoms with Crippen molar-refractivity contribution in [2.75, 3.05) is 5.73 Å².